The van der Waals surface area contributed by atoms with Crippen LogP contribution in [-0.4, -0.2) is 47.2 Å². The Bertz CT molecular complexity index is 1500. The van der Waals surface area contributed by atoms with Crippen molar-refractivity contribution in [2.24, 2.45) is 5.41 Å². The number of thiophene rings is 1. The maximum absolute atomic E-state index is 12.9. The van der Waals surface area contributed by atoms with Gasteiger partial charge in [-0.25, -0.2) is 4.98 Å². The summed E-state index contributed by atoms with van der Waals surface area (Å²) in [6.45, 7) is 14.2. The predicted octanol–water partition coefficient (Wildman–Crippen LogP) is 7.23. The number of hydrogen-bond donors (Lipinski definition) is 1. The number of piperidine rings is 1. The topological polar surface area (TPSA) is 39.5 Å². The maximum atomic E-state index is 12.9. The van der Waals surface area contributed by atoms with E-state index >= 15 is 0 Å². The molecular formula is C28H28F3N5S. The van der Waals surface area contributed by atoms with Crippen molar-refractivity contribution < 1.29 is 13.2 Å². The summed E-state index contributed by atoms with van der Waals surface area (Å²) in [6, 6.07) is 9.84. The second kappa shape index (κ2) is 9.03. The highest BCUT2D eigenvalue weighted by molar-refractivity contribution is 7.18. The molecule has 9 heteroatoms. The predicted molar refractivity (Wildman–Crippen MR) is 142 cm³/mol. The number of halogens is 3. The minimum absolute atomic E-state index is 0.251. The molecule has 4 aromatic rings. The molecule has 0 radical (unpaired) electrons. The second-order valence-corrected chi connectivity index (χ2v) is 11.7. The van der Waals surface area contributed by atoms with E-state index in [1.807, 2.05) is 12.1 Å². The fourth-order valence-electron chi connectivity index (χ4n) is 6.12. The molecule has 2 fully saturated rings. The smallest absolute Gasteiger partial charge is 0.370 e. The summed E-state index contributed by atoms with van der Waals surface area (Å²) in [7, 11) is 0. The quantitative estimate of drug-likeness (QED) is 0.287. The number of nitrogens with one attached hydrogen (secondary N) is 1. The van der Waals surface area contributed by atoms with Gasteiger partial charge in [0, 0.05) is 47.2 Å². The van der Waals surface area contributed by atoms with E-state index in [4.69, 9.17) is 6.57 Å². The summed E-state index contributed by atoms with van der Waals surface area (Å²) in [5, 5.41) is 1.97. The molecule has 2 aliphatic heterocycles. The third kappa shape index (κ3) is 4.69. The van der Waals surface area contributed by atoms with E-state index in [9.17, 15) is 13.2 Å². The number of likely N-dealkylation sites (tertiary alicyclic amines) is 1. The van der Waals surface area contributed by atoms with Crippen LogP contribution in [0, 0.1) is 18.9 Å². The highest BCUT2D eigenvalue weighted by atomic mass is 32.1. The number of aromatic amines is 1. The third-order valence-electron chi connectivity index (χ3n) is 8.22. The van der Waals surface area contributed by atoms with Gasteiger partial charge in [-0.05, 0) is 80.1 Å². The zero-order valence-electron chi connectivity index (χ0n) is 20.7. The molecule has 2 aliphatic rings. The Hall–Kier alpha value is -3.09. The minimum Gasteiger partial charge on any atom is -0.370 e. The number of H-pyrrole nitrogens is 1. The van der Waals surface area contributed by atoms with Gasteiger partial charge in [0.05, 0.1) is 6.42 Å². The number of aryl methyl sites for hydroxylation is 1. The van der Waals surface area contributed by atoms with Crippen molar-refractivity contribution in [1.29, 1.82) is 0 Å². The van der Waals surface area contributed by atoms with Crippen LogP contribution in [0.15, 0.2) is 36.5 Å². The van der Waals surface area contributed by atoms with E-state index in [2.05, 4.69) is 43.7 Å². The first-order valence-electron chi connectivity index (χ1n) is 12.6. The maximum Gasteiger partial charge on any atom is 0.393 e. The number of rotatable bonds is 4. The van der Waals surface area contributed by atoms with E-state index in [0.29, 0.717) is 15.5 Å². The lowest BCUT2D eigenvalue weighted by atomic mass is 9.77. The van der Waals surface area contributed by atoms with Crippen LogP contribution in [0.1, 0.15) is 35.3 Å². The Balaban J connectivity index is 1.13. The molecule has 0 saturated carbocycles. The van der Waals surface area contributed by atoms with Gasteiger partial charge < -0.3 is 14.7 Å². The lowest BCUT2D eigenvalue weighted by Crippen LogP contribution is -2.41. The first-order chi connectivity index (χ1) is 17.7. The van der Waals surface area contributed by atoms with Crippen molar-refractivity contribution in [1.82, 2.24) is 14.9 Å². The van der Waals surface area contributed by atoms with E-state index in [-0.39, 0.29) is 5.41 Å². The van der Waals surface area contributed by atoms with Gasteiger partial charge in [0.1, 0.15) is 10.3 Å². The zero-order valence-corrected chi connectivity index (χ0v) is 21.5. The van der Waals surface area contributed by atoms with Crippen molar-refractivity contribution >= 4 is 44.0 Å². The zero-order chi connectivity index (χ0) is 25.8. The first kappa shape index (κ1) is 24.3. The Morgan fingerprint density at radius 1 is 1.11 bits per heavy atom. The van der Waals surface area contributed by atoms with E-state index < -0.39 is 12.6 Å². The molecule has 0 unspecified atom stereocenters. The van der Waals surface area contributed by atoms with Crippen LogP contribution in [0.4, 0.5) is 24.7 Å². The summed E-state index contributed by atoms with van der Waals surface area (Å²) in [6.07, 6.45) is -0.0341. The number of fused-ring (bicyclic) bond motifs is 2. The Morgan fingerprint density at radius 3 is 2.65 bits per heavy atom. The average molecular weight is 524 g/mol. The van der Waals surface area contributed by atoms with Crippen molar-refractivity contribution in [2.75, 3.05) is 31.1 Å². The van der Waals surface area contributed by atoms with Crippen molar-refractivity contribution in [2.45, 2.75) is 45.3 Å². The molecule has 0 bridgehead atoms. The summed E-state index contributed by atoms with van der Waals surface area (Å²) < 4.78 is 38.8. The SMILES string of the molecule is [C-]#[N+]c1cc2c(C)c(CN3CCC4(CC3)CCN(c3ccnc5sc(CC(F)(F)F)cc35)C4)ccc2[nH]1. The lowest BCUT2D eigenvalue weighted by Gasteiger charge is -2.39. The molecule has 0 atom stereocenters. The molecule has 2 saturated heterocycles. The standard InChI is InChI=1S/C28H28F3N5S/c1-18-19(3-4-23-21(18)14-25(32-2)34-23)16-35-10-6-27(7-11-35)8-12-36(17-27)24-5-9-33-26-22(24)13-20(37-26)15-28(29,30)31/h3-5,9,13-14,34H,6-8,10-12,15-17H2,1H3. The van der Waals surface area contributed by atoms with Gasteiger partial charge in [-0.2, -0.15) is 13.2 Å². The van der Waals surface area contributed by atoms with Gasteiger partial charge in [0.25, 0.3) is 0 Å². The molecule has 1 aromatic carbocycles. The fraction of sp³-hybridized carbons (Fsp3) is 0.429. The first-order valence-corrected chi connectivity index (χ1v) is 13.4. The lowest BCUT2D eigenvalue weighted by molar-refractivity contribution is -0.126. The number of aromatic nitrogens is 2. The van der Waals surface area contributed by atoms with Crippen LogP contribution in [0.5, 0.6) is 0 Å². The van der Waals surface area contributed by atoms with Gasteiger partial charge in [0.15, 0.2) is 0 Å². The molecule has 37 heavy (non-hydrogen) atoms. The molecule has 192 valence electrons. The number of nitrogens with zero attached hydrogens (tertiary/aromatic N) is 4. The molecule has 5 heterocycles. The molecule has 1 spiro atoms. The molecule has 0 amide bonds. The molecule has 3 aromatic heterocycles. The molecule has 5 nitrogen and oxygen atoms in total. The number of anilines is 1. The van der Waals surface area contributed by atoms with Crippen LogP contribution in [0.3, 0.4) is 0 Å². The summed E-state index contributed by atoms with van der Waals surface area (Å²) in [5.41, 5.74) is 4.82. The van der Waals surface area contributed by atoms with Crippen LogP contribution < -0.4 is 4.90 Å². The highest BCUT2D eigenvalue weighted by Crippen LogP contribution is 2.44. The van der Waals surface area contributed by atoms with Gasteiger partial charge in [-0.1, -0.05) is 12.6 Å². The number of benzene rings is 1. The molecule has 1 N–H and O–H groups in total. The van der Waals surface area contributed by atoms with Crippen LogP contribution >= 0.6 is 11.3 Å². The van der Waals surface area contributed by atoms with Crippen LogP contribution in [0.2, 0.25) is 0 Å². The van der Waals surface area contributed by atoms with Crippen molar-refractivity contribution in [3.05, 3.63) is 63.9 Å². The third-order valence-corrected chi connectivity index (χ3v) is 9.26. The summed E-state index contributed by atoms with van der Waals surface area (Å²) >= 11 is 1.15. The number of alkyl halides is 3. The summed E-state index contributed by atoms with van der Waals surface area (Å²) in [5.74, 6) is 0.575. The molecular weight excluding hydrogens is 495 g/mol. The number of hydrogen-bond acceptors (Lipinski definition) is 4. The van der Waals surface area contributed by atoms with E-state index in [1.54, 1.807) is 12.3 Å². The second-order valence-electron chi connectivity index (χ2n) is 10.6. The normalized spacial score (nSPS) is 18.3. The fourth-order valence-corrected chi connectivity index (χ4v) is 7.17. The Kier molecular flexibility index (Phi) is 5.92. The Labute approximate surface area is 217 Å². The van der Waals surface area contributed by atoms with Crippen molar-refractivity contribution in [3.8, 4) is 0 Å². The molecule has 0 aliphatic carbocycles. The minimum atomic E-state index is -4.21. The van der Waals surface area contributed by atoms with Gasteiger partial charge in [0.2, 0.25) is 5.82 Å². The monoisotopic (exact) mass is 523 g/mol. The number of pyridine rings is 1. The Morgan fingerprint density at radius 2 is 1.89 bits per heavy atom. The van der Waals surface area contributed by atoms with E-state index in [0.717, 1.165) is 85.3 Å². The van der Waals surface area contributed by atoms with Crippen LogP contribution in [0.25, 0.3) is 26.0 Å². The van der Waals surface area contributed by atoms with Crippen molar-refractivity contribution in [3.63, 3.8) is 0 Å². The van der Waals surface area contributed by atoms with Crippen LogP contribution in [-0.2, 0) is 13.0 Å². The van der Waals surface area contributed by atoms with Gasteiger partial charge in [-0.15, -0.1) is 11.3 Å². The average Bonchev–Trinajstić information content (AvgIpc) is 3.58. The largest absolute Gasteiger partial charge is 0.393 e. The van der Waals surface area contributed by atoms with Gasteiger partial charge in [-0.3, -0.25) is 4.90 Å². The molecule has 6 rings (SSSR count). The van der Waals surface area contributed by atoms with Gasteiger partial charge >= 0.3 is 6.18 Å². The highest BCUT2D eigenvalue weighted by Gasteiger charge is 2.41. The summed E-state index contributed by atoms with van der Waals surface area (Å²) in [4.78, 5) is 16.9. The van der Waals surface area contributed by atoms with E-state index in [1.165, 1.54) is 11.1 Å².